The predicted molar refractivity (Wildman–Crippen MR) is 104 cm³/mol. The van der Waals surface area contributed by atoms with Crippen LogP contribution in [0.15, 0.2) is 18.3 Å². The fraction of sp³-hybridized carbons (Fsp3) is 0.474. The van der Waals surface area contributed by atoms with E-state index in [9.17, 15) is 4.79 Å². The molecule has 7 nitrogen and oxygen atoms in total. The first-order chi connectivity index (χ1) is 12.5. The Bertz CT molecular complexity index is 942. The Morgan fingerprint density at radius 2 is 1.96 bits per heavy atom. The summed E-state index contributed by atoms with van der Waals surface area (Å²) in [6.07, 6.45) is 1.75. The molecule has 3 aromatic heterocycles. The van der Waals surface area contributed by atoms with Gasteiger partial charge in [-0.3, -0.25) is 9.20 Å². The van der Waals surface area contributed by atoms with Gasteiger partial charge in [0.2, 0.25) is 0 Å². The van der Waals surface area contributed by atoms with E-state index in [1.54, 1.807) is 6.20 Å². The van der Waals surface area contributed by atoms with Gasteiger partial charge in [0.25, 0.3) is 5.91 Å². The second-order valence-corrected chi connectivity index (χ2v) is 6.78. The second-order valence-electron chi connectivity index (χ2n) is 6.78. The number of pyridine rings is 2. The summed E-state index contributed by atoms with van der Waals surface area (Å²) in [5, 5.41) is 12.9. The molecule has 0 aliphatic rings. The lowest BCUT2D eigenvalue weighted by Crippen LogP contribution is -2.32. The zero-order valence-corrected chi connectivity index (χ0v) is 16.1. The van der Waals surface area contributed by atoms with Gasteiger partial charge in [0.1, 0.15) is 17.0 Å². The van der Waals surface area contributed by atoms with Gasteiger partial charge in [-0.2, -0.15) is 0 Å². The topological polar surface area (TPSA) is 75.4 Å². The summed E-state index contributed by atoms with van der Waals surface area (Å²) in [6, 6.07) is 3.88. The second kappa shape index (κ2) is 7.27. The number of hydrogen-bond acceptors (Lipinski definition) is 5. The van der Waals surface area contributed by atoms with Crippen LogP contribution in [0.3, 0.4) is 0 Å². The molecule has 1 N–H and O–H groups in total. The molecule has 26 heavy (non-hydrogen) atoms. The van der Waals surface area contributed by atoms with Crippen molar-refractivity contribution in [2.75, 3.05) is 25.0 Å². The molecule has 0 aromatic carbocycles. The van der Waals surface area contributed by atoms with Crippen molar-refractivity contribution >= 4 is 28.3 Å². The fourth-order valence-electron chi connectivity index (χ4n) is 3.16. The average molecular weight is 354 g/mol. The molecule has 3 aromatic rings. The highest BCUT2D eigenvalue weighted by Crippen LogP contribution is 2.31. The zero-order valence-electron chi connectivity index (χ0n) is 16.1. The maximum atomic E-state index is 13.3. The number of aryl methyl sites for hydroxylation is 1. The lowest BCUT2D eigenvalue weighted by atomic mass is 10.1. The van der Waals surface area contributed by atoms with Crippen LogP contribution in [0.25, 0.3) is 16.7 Å². The van der Waals surface area contributed by atoms with Gasteiger partial charge in [-0.25, -0.2) is 4.98 Å². The molecule has 1 amide bonds. The Morgan fingerprint density at radius 1 is 1.23 bits per heavy atom. The minimum Gasteiger partial charge on any atom is -0.383 e. The van der Waals surface area contributed by atoms with Gasteiger partial charge < -0.3 is 10.2 Å². The molecule has 138 valence electrons. The largest absolute Gasteiger partial charge is 0.383 e. The molecular weight excluding hydrogens is 328 g/mol. The lowest BCUT2D eigenvalue weighted by Gasteiger charge is -2.23. The van der Waals surface area contributed by atoms with Crippen LogP contribution in [0.5, 0.6) is 0 Å². The van der Waals surface area contributed by atoms with Gasteiger partial charge in [-0.05, 0) is 38.8 Å². The monoisotopic (exact) mass is 354 g/mol. The number of nitrogens with one attached hydrogen (secondary N) is 1. The first-order valence-electron chi connectivity index (χ1n) is 9.15. The number of fused-ring (bicyclic) bond motifs is 3. The molecule has 3 rings (SSSR count). The maximum Gasteiger partial charge on any atom is 0.259 e. The van der Waals surface area contributed by atoms with E-state index in [4.69, 9.17) is 0 Å². The normalized spacial score (nSPS) is 11.5. The van der Waals surface area contributed by atoms with Gasteiger partial charge >= 0.3 is 0 Å². The van der Waals surface area contributed by atoms with Gasteiger partial charge in [0, 0.05) is 31.2 Å². The maximum absolute atomic E-state index is 13.3. The van der Waals surface area contributed by atoms with Crippen molar-refractivity contribution in [3.8, 4) is 0 Å². The Balaban J connectivity index is 2.37. The molecule has 0 unspecified atom stereocenters. The quantitative estimate of drug-likeness (QED) is 0.736. The summed E-state index contributed by atoms with van der Waals surface area (Å²) >= 11 is 0. The molecule has 0 bridgehead atoms. The summed E-state index contributed by atoms with van der Waals surface area (Å²) < 4.78 is 1.87. The highest BCUT2D eigenvalue weighted by atomic mass is 16.2. The Kier molecular flexibility index (Phi) is 5.06. The summed E-state index contributed by atoms with van der Waals surface area (Å²) in [7, 11) is 0. The molecule has 0 radical (unpaired) electrons. The molecule has 0 aliphatic heterocycles. The van der Waals surface area contributed by atoms with Crippen LogP contribution in [0, 0.1) is 12.8 Å². The van der Waals surface area contributed by atoms with E-state index in [1.165, 1.54) is 0 Å². The number of carbonyl (C=O) groups excluding carboxylic acids is 1. The molecule has 0 atom stereocenters. The minimum absolute atomic E-state index is 0.0376. The standard InChI is InChI=1S/C19H26N6O/c1-6-24(7-2)19(26)15-16(21-11-12(3)4)14-9-8-10-20-17(14)25-13(5)22-23-18(15)25/h8-10,12,21H,6-7,11H2,1-5H3. The van der Waals surface area contributed by atoms with Gasteiger partial charge in [-0.15, -0.1) is 10.2 Å². The van der Waals surface area contributed by atoms with E-state index in [0.29, 0.717) is 36.0 Å². The molecule has 0 fully saturated rings. The van der Waals surface area contributed by atoms with Crippen molar-refractivity contribution in [2.24, 2.45) is 5.92 Å². The van der Waals surface area contributed by atoms with Crippen LogP contribution >= 0.6 is 0 Å². The fourth-order valence-corrected chi connectivity index (χ4v) is 3.16. The number of anilines is 1. The Hall–Kier alpha value is -2.70. The minimum atomic E-state index is -0.0376. The smallest absolute Gasteiger partial charge is 0.259 e. The third-order valence-electron chi connectivity index (χ3n) is 4.52. The molecule has 7 heteroatoms. The first kappa shape index (κ1) is 18.1. The number of aromatic nitrogens is 4. The van der Waals surface area contributed by atoms with Crippen molar-refractivity contribution in [1.29, 1.82) is 0 Å². The van der Waals surface area contributed by atoms with Crippen LogP contribution in [-0.2, 0) is 0 Å². The van der Waals surface area contributed by atoms with E-state index in [0.717, 1.165) is 23.3 Å². The SMILES string of the molecule is CCN(CC)C(=O)c1c(NCC(C)C)c2cccnc2n2c(C)nnc12. The van der Waals surface area contributed by atoms with E-state index >= 15 is 0 Å². The average Bonchev–Trinajstić information content (AvgIpc) is 3.01. The first-order valence-corrected chi connectivity index (χ1v) is 9.15. The number of hydrogen-bond donors (Lipinski definition) is 1. The molecule has 0 saturated heterocycles. The van der Waals surface area contributed by atoms with E-state index in [1.807, 2.05) is 42.2 Å². The number of carbonyl (C=O) groups is 1. The van der Waals surface area contributed by atoms with Crippen molar-refractivity contribution in [1.82, 2.24) is 24.5 Å². The van der Waals surface area contributed by atoms with Crippen molar-refractivity contribution in [3.05, 3.63) is 29.7 Å². The predicted octanol–water partition coefficient (Wildman–Crippen LogP) is 3.14. The zero-order chi connectivity index (χ0) is 18.8. The molecule has 0 spiro atoms. The Morgan fingerprint density at radius 3 is 2.62 bits per heavy atom. The molecule has 0 saturated carbocycles. The van der Waals surface area contributed by atoms with Crippen LogP contribution < -0.4 is 5.32 Å². The van der Waals surface area contributed by atoms with Crippen molar-refractivity contribution < 1.29 is 4.79 Å². The molecule has 0 aliphatic carbocycles. The third-order valence-corrected chi connectivity index (χ3v) is 4.52. The van der Waals surface area contributed by atoms with E-state index in [2.05, 4.69) is 34.3 Å². The summed E-state index contributed by atoms with van der Waals surface area (Å²) in [4.78, 5) is 19.7. The van der Waals surface area contributed by atoms with Gasteiger partial charge in [0.05, 0.1) is 5.69 Å². The lowest BCUT2D eigenvalue weighted by molar-refractivity contribution is 0.0775. The van der Waals surface area contributed by atoms with Crippen LogP contribution in [0.1, 0.15) is 43.9 Å². The van der Waals surface area contributed by atoms with Crippen molar-refractivity contribution in [3.63, 3.8) is 0 Å². The summed E-state index contributed by atoms with van der Waals surface area (Å²) in [6.45, 7) is 12.2. The highest BCUT2D eigenvalue weighted by Gasteiger charge is 2.26. The van der Waals surface area contributed by atoms with Gasteiger partial charge in [-0.1, -0.05) is 13.8 Å². The summed E-state index contributed by atoms with van der Waals surface area (Å²) in [5.41, 5.74) is 2.67. The number of nitrogens with zero attached hydrogens (tertiary/aromatic N) is 5. The Labute approximate surface area is 153 Å². The highest BCUT2D eigenvalue weighted by molar-refractivity contribution is 6.11. The number of rotatable bonds is 6. The van der Waals surface area contributed by atoms with E-state index in [-0.39, 0.29) is 5.91 Å². The molecule has 3 heterocycles. The molecular formula is C19H26N6O. The number of amides is 1. The van der Waals surface area contributed by atoms with Crippen molar-refractivity contribution in [2.45, 2.75) is 34.6 Å². The van der Waals surface area contributed by atoms with E-state index < -0.39 is 0 Å². The third kappa shape index (κ3) is 2.98. The van der Waals surface area contributed by atoms with Crippen LogP contribution in [-0.4, -0.2) is 50.0 Å². The van der Waals surface area contributed by atoms with Crippen LogP contribution in [0.4, 0.5) is 5.69 Å². The van der Waals surface area contributed by atoms with Crippen LogP contribution in [0.2, 0.25) is 0 Å². The summed E-state index contributed by atoms with van der Waals surface area (Å²) in [5.74, 6) is 1.12. The van der Waals surface area contributed by atoms with Gasteiger partial charge in [0.15, 0.2) is 5.65 Å².